The second-order valence-corrected chi connectivity index (χ2v) is 5.71. The van der Waals surface area contributed by atoms with Crippen molar-refractivity contribution in [2.45, 2.75) is 18.5 Å². The molecule has 0 unspecified atom stereocenters. The van der Waals surface area contributed by atoms with Gasteiger partial charge in [0.1, 0.15) is 17.7 Å². The van der Waals surface area contributed by atoms with Crippen LogP contribution in [0.4, 0.5) is 5.69 Å². The lowest BCUT2D eigenvalue weighted by atomic mass is 10.1. The second kappa shape index (κ2) is 8.51. The number of aromatic nitrogens is 3. The number of anilines is 1. The summed E-state index contributed by atoms with van der Waals surface area (Å²) in [5.41, 5.74) is 0.834. The van der Waals surface area contributed by atoms with Gasteiger partial charge < -0.3 is 5.32 Å². The first kappa shape index (κ1) is 17.3. The monoisotopic (exact) mass is 338 g/mol. The highest BCUT2D eigenvalue weighted by Crippen LogP contribution is 2.24. The predicted molar refractivity (Wildman–Crippen MR) is 92.0 cm³/mol. The van der Waals surface area contributed by atoms with E-state index in [4.69, 9.17) is 10.5 Å². The van der Waals surface area contributed by atoms with Gasteiger partial charge in [0.05, 0.1) is 0 Å². The van der Waals surface area contributed by atoms with Crippen LogP contribution in [-0.2, 0) is 0 Å². The number of para-hydroxylation sites is 1. The Hall–Kier alpha value is -3.10. The highest BCUT2D eigenvalue weighted by atomic mass is 32.2. The van der Waals surface area contributed by atoms with Crippen molar-refractivity contribution < 1.29 is 0 Å². The zero-order chi connectivity index (χ0) is 17.4. The standard InChI is InChI=1S/C16H14N6OS/c1-2-7-24-16-20-15(23)14(21-22-16)12-5-3-4-6-13(12)19-10-11(8-17)9-18/h3-6,10,19H,2,7H2,1H3,(H,20,22,23). The first-order chi connectivity index (χ1) is 11.7. The molecule has 0 saturated carbocycles. The average molecular weight is 338 g/mol. The van der Waals surface area contributed by atoms with E-state index < -0.39 is 0 Å². The van der Waals surface area contributed by atoms with Gasteiger partial charge in [-0.3, -0.25) is 9.78 Å². The van der Waals surface area contributed by atoms with E-state index in [1.807, 2.05) is 6.92 Å². The summed E-state index contributed by atoms with van der Waals surface area (Å²) < 4.78 is 0. The third kappa shape index (κ3) is 4.22. The number of nitrogens with zero attached hydrogens (tertiary/aromatic N) is 4. The summed E-state index contributed by atoms with van der Waals surface area (Å²) in [5, 5.41) is 28.9. The normalized spacial score (nSPS) is 9.62. The van der Waals surface area contributed by atoms with Crippen LogP contribution in [0.5, 0.6) is 0 Å². The van der Waals surface area contributed by atoms with Gasteiger partial charge in [-0.25, -0.2) is 0 Å². The third-order valence-corrected chi connectivity index (χ3v) is 3.98. The molecule has 1 aromatic heterocycles. The first-order valence-corrected chi connectivity index (χ1v) is 8.14. The minimum absolute atomic E-state index is 0.0730. The van der Waals surface area contributed by atoms with Crippen LogP contribution in [0.2, 0.25) is 0 Å². The van der Waals surface area contributed by atoms with Crippen molar-refractivity contribution in [1.82, 2.24) is 15.2 Å². The average Bonchev–Trinajstić information content (AvgIpc) is 2.61. The molecule has 0 aliphatic rings. The Balaban J connectivity index is 2.37. The molecular formula is C16H14N6OS. The number of H-pyrrole nitrogens is 1. The zero-order valence-electron chi connectivity index (χ0n) is 12.9. The third-order valence-electron chi connectivity index (χ3n) is 2.91. The molecule has 0 saturated heterocycles. The van der Waals surface area contributed by atoms with Crippen molar-refractivity contribution in [3.63, 3.8) is 0 Å². The number of thioether (sulfide) groups is 1. The molecule has 0 atom stereocenters. The van der Waals surface area contributed by atoms with E-state index in [1.165, 1.54) is 18.0 Å². The molecule has 8 heteroatoms. The Kier molecular flexibility index (Phi) is 6.12. The number of allylic oxidation sites excluding steroid dienone is 1. The molecule has 0 amide bonds. The number of nitriles is 2. The maximum absolute atomic E-state index is 12.3. The zero-order valence-corrected chi connectivity index (χ0v) is 13.7. The fourth-order valence-electron chi connectivity index (χ4n) is 1.82. The predicted octanol–water partition coefficient (Wildman–Crippen LogP) is 2.68. The van der Waals surface area contributed by atoms with E-state index in [0.29, 0.717) is 16.4 Å². The molecule has 7 nitrogen and oxygen atoms in total. The van der Waals surface area contributed by atoms with Crippen molar-refractivity contribution in [2.75, 3.05) is 11.1 Å². The molecule has 1 heterocycles. The first-order valence-electron chi connectivity index (χ1n) is 7.15. The Bertz CT molecular complexity index is 874. The van der Waals surface area contributed by atoms with Crippen LogP contribution in [0.1, 0.15) is 13.3 Å². The van der Waals surface area contributed by atoms with Crippen LogP contribution in [0.25, 0.3) is 11.3 Å². The molecular weight excluding hydrogens is 324 g/mol. The van der Waals surface area contributed by atoms with Crippen molar-refractivity contribution >= 4 is 17.4 Å². The van der Waals surface area contributed by atoms with Gasteiger partial charge in [0.15, 0.2) is 10.9 Å². The number of benzene rings is 1. The number of hydrogen-bond donors (Lipinski definition) is 2. The highest BCUT2D eigenvalue weighted by Gasteiger charge is 2.11. The van der Waals surface area contributed by atoms with Crippen molar-refractivity contribution in [2.24, 2.45) is 0 Å². The van der Waals surface area contributed by atoms with Crippen molar-refractivity contribution in [3.8, 4) is 23.4 Å². The van der Waals surface area contributed by atoms with E-state index in [-0.39, 0.29) is 16.8 Å². The van der Waals surface area contributed by atoms with Gasteiger partial charge in [-0.2, -0.15) is 10.5 Å². The number of aromatic amines is 1. The Morgan fingerprint density at radius 1 is 1.33 bits per heavy atom. The maximum Gasteiger partial charge on any atom is 0.278 e. The molecule has 2 rings (SSSR count). The van der Waals surface area contributed by atoms with Crippen LogP contribution >= 0.6 is 11.8 Å². The minimum Gasteiger partial charge on any atom is -0.359 e. The SMILES string of the molecule is CCCSc1nnc(-c2ccccc2NC=C(C#N)C#N)c(=O)[nH]1. The summed E-state index contributed by atoms with van der Waals surface area (Å²) in [6.45, 7) is 2.04. The molecule has 1 aromatic carbocycles. The number of rotatable bonds is 6. The van der Waals surface area contributed by atoms with Crippen LogP contribution < -0.4 is 10.9 Å². The lowest BCUT2D eigenvalue weighted by molar-refractivity contribution is 0.823. The van der Waals surface area contributed by atoms with Crippen LogP contribution in [0.15, 0.2) is 46.0 Å². The van der Waals surface area contributed by atoms with E-state index >= 15 is 0 Å². The smallest absolute Gasteiger partial charge is 0.278 e. The largest absolute Gasteiger partial charge is 0.359 e. The summed E-state index contributed by atoms with van der Waals surface area (Å²) in [7, 11) is 0. The fourth-order valence-corrected chi connectivity index (χ4v) is 2.48. The van der Waals surface area contributed by atoms with Crippen LogP contribution in [0, 0.1) is 22.7 Å². The van der Waals surface area contributed by atoms with E-state index in [9.17, 15) is 4.79 Å². The molecule has 0 aliphatic carbocycles. The molecule has 120 valence electrons. The van der Waals surface area contributed by atoms with Crippen molar-refractivity contribution in [3.05, 3.63) is 46.4 Å². The highest BCUT2D eigenvalue weighted by molar-refractivity contribution is 7.99. The van der Waals surface area contributed by atoms with Gasteiger partial charge in [0, 0.05) is 23.2 Å². The van der Waals surface area contributed by atoms with E-state index in [0.717, 1.165) is 12.2 Å². The molecule has 24 heavy (non-hydrogen) atoms. The maximum atomic E-state index is 12.3. The fraction of sp³-hybridized carbons (Fsp3) is 0.188. The quantitative estimate of drug-likeness (QED) is 0.614. The summed E-state index contributed by atoms with van der Waals surface area (Å²) in [6.07, 6.45) is 2.25. The molecule has 0 bridgehead atoms. The summed E-state index contributed by atoms with van der Waals surface area (Å²) in [4.78, 5) is 15.0. The lowest BCUT2D eigenvalue weighted by Gasteiger charge is -2.08. The molecule has 0 fully saturated rings. The number of hydrogen-bond acceptors (Lipinski definition) is 7. The number of nitrogens with one attached hydrogen (secondary N) is 2. The summed E-state index contributed by atoms with van der Waals surface area (Å²) in [5.74, 6) is 0.845. The van der Waals surface area contributed by atoms with Gasteiger partial charge in [0.25, 0.3) is 5.56 Å². The molecule has 0 aliphatic heterocycles. The molecule has 0 spiro atoms. The van der Waals surface area contributed by atoms with Gasteiger partial charge >= 0.3 is 0 Å². The van der Waals surface area contributed by atoms with Crippen LogP contribution in [0.3, 0.4) is 0 Å². The topological polar surface area (TPSA) is 118 Å². The Morgan fingerprint density at radius 3 is 2.75 bits per heavy atom. The minimum atomic E-state index is -0.345. The van der Waals surface area contributed by atoms with Crippen LogP contribution in [-0.4, -0.2) is 20.9 Å². The Labute approximate surface area is 143 Å². The van der Waals surface area contributed by atoms with Gasteiger partial charge in [-0.1, -0.05) is 36.9 Å². The molecule has 2 aromatic rings. The van der Waals surface area contributed by atoms with E-state index in [1.54, 1.807) is 36.4 Å². The Morgan fingerprint density at radius 2 is 2.08 bits per heavy atom. The second-order valence-electron chi connectivity index (χ2n) is 4.63. The van der Waals surface area contributed by atoms with E-state index in [2.05, 4.69) is 20.5 Å². The summed E-state index contributed by atoms with van der Waals surface area (Å²) in [6, 6.07) is 10.5. The lowest BCUT2D eigenvalue weighted by Crippen LogP contribution is -2.15. The molecule has 2 N–H and O–H groups in total. The van der Waals surface area contributed by atoms with Crippen molar-refractivity contribution in [1.29, 1.82) is 10.5 Å². The van der Waals surface area contributed by atoms with Gasteiger partial charge in [-0.05, 0) is 12.5 Å². The molecule has 0 radical (unpaired) electrons. The van der Waals surface area contributed by atoms with Gasteiger partial charge in [-0.15, -0.1) is 10.2 Å². The summed E-state index contributed by atoms with van der Waals surface area (Å²) >= 11 is 1.44. The van der Waals surface area contributed by atoms with Gasteiger partial charge in [0.2, 0.25) is 0 Å².